The van der Waals surface area contributed by atoms with Gasteiger partial charge < -0.3 is 4.74 Å². The van der Waals surface area contributed by atoms with E-state index < -0.39 is 0 Å². The summed E-state index contributed by atoms with van der Waals surface area (Å²) in [7, 11) is 1.66. The Morgan fingerprint density at radius 2 is 1.96 bits per heavy atom. The molecule has 1 fully saturated rings. The topological polar surface area (TPSA) is 29.5 Å². The molecule has 1 saturated heterocycles. The van der Waals surface area contributed by atoms with Gasteiger partial charge in [0.15, 0.2) is 5.78 Å². The first kappa shape index (κ1) is 19.0. The molecule has 0 N–H and O–H groups in total. The van der Waals surface area contributed by atoms with Gasteiger partial charge in [0.25, 0.3) is 0 Å². The van der Waals surface area contributed by atoms with Crippen LogP contribution < -0.4 is 4.74 Å². The zero-order chi connectivity index (χ0) is 18.5. The number of hydrogen-bond donors (Lipinski definition) is 0. The van der Waals surface area contributed by atoms with Crippen LogP contribution in [0.2, 0.25) is 10.0 Å². The van der Waals surface area contributed by atoms with Crippen molar-refractivity contribution < 1.29 is 9.53 Å². The smallest absolute Gasteiger partial charge is 0.185 e. The lowest BCUT2D eigenvalue weighted by Crippen LogP contribution is -2.19. The van der Waals surface area contributed by atoms with Gasteiger partial charge in [-0.05, 0) is 67.9 Å². The highest BCUT2D eigenvalue weighted by atomic mass is 35.5. The summed E-state index contributed by atoms with van der Waals surface area (Å²) in [4.78, 5) is 15.0. The first-order valence-electron chi connectivity index (χ1n) is 8.64. The Morgan fingerprint density at radius 1 is 1.19 bits per heavy atom. The van der Waals surface area contributed by atoms with Crippen molar-refractivity contribution in [3.8, 4) is 5.75 Å². The molecule has 26 heavy (non-hydrogen) atoms. The number of likely N-dealkylation sites (tertiary alicyclic amines) is 1. The van der Waals surface area contributed by atoms with E-state index in [0.29, 0.717) is 15.6 Å². The summed E-state index contributed by atoms with van der Waals surface area (Å²) in [5.41, 5.74) is 2.39. The van der Waals surface area contributed by atoms with Gasteiger partial charge in [0.1, 0.15) is 5.75 Å². The Morgan fingerprint density at radius 3 is 2.69 bits per heavy atom. The van der Waals surface area contributed by atoms with Crippen molar-refractivity contribution in [2.75, 3.05) is 20.2 Å². The van der Waals surface area contributed by atoms with Crippen molar-refractivity contribution in [3.63, 3.8) is 0 Å². The second kappa shape index (κ2) is 8.72. The van der Waals surface area contributed by atoms with Crippen LogP contribution in [0.1, 0.15) is 34.3 Å². The summed E-state index contributed by atoms with van der Waals surface area (Å²) in [5, 5.41) is 0.918. The fourth-order valence-corrected chi connectivity index (χ4v) is 3.52. The first-order valence-corrected chi connectivity index (χ1v) is 9.40. The predicted molar refractivity (Wildman–Crippen MR) is 107 cm³/mol. The maximum absolute atomic E-state index is 12.6. The van der Waals surface area contributed by atoms with Crippen molar-refractivity contribution in [3.05, 3.63) is 69.2 Å². The van der Waals surface area contributed by atoms with Gasteiger partial charge in [-0.25, -0.2) is 0 Å². The molecular weight excluding hydrogens is 369 g/mol. The first-order chi connectivity index (χ1) is 12.6. The van der Waals surface area contributed by atoms with Crippen molar-refractivity contribution in [1.82, 2.24) is 4.90 Å². The molecule has 0 radical (unpaired) electrons. The molecule has 0 unspecified atom stereocenters. The average Bonchev–Trinajstić information content (AvgIpc) is 3.15. The number of ketones is 1. The number of hydrogen-bond acceptors (Lipinski definition) is 3. The molecule has 0 atom stereocenters. The minimum atomic E-state index is -0.0774. The Bertz CT molecular complexity index is 827. The molecule has 5 heteroatoms. The van der Waals surface area contributed by atoms with Gasteiger partial charge in [-0.15, -0.1) is 0 Å². The van der Waals surface area contributed by atoms with Crippen LogP contribution in [0.25, 0.3) is 6.08 Å². The van der Waals surface area contributed by atoms with Gasteiger partial charge in [0, 0.05) is 17.7 Å². The third kappa shape index (κ3) is 4.47. The maximum Gasteiger partial charge on any atom is 0.185 e. The lowest BCUT2D eigenvalue weighted by molar-refractivity contribution is 0.104. The number of rotatable bonds is 6. The number of ether oxygens (including phenoxy) is 1. The third-order valence-corrected chi connectivity index (χ3v) is 5.39. The number of carbonyl (C=O) groups excluding carboxylic acids is 1. The van der Waals surface area contributed by atoms with Crippen LogP contribution in [0.3, 0.4) is 0 Å². The molecule has 0 spiro atoms. The lowest BCUT2D eigenvalue weighted by atomic mass is 10.0. The molecule has 1 heterocycles. The number of benzene rings is 2. The Hall–Kier alpha value is -1.81. The van der Waals surface area contributed by atoms with E-state index in [1.807, 2.05) is 18.2 Å². The molecule has 0 amide bonds. The van der Waals surface area contributed by atoms with Crippen molar-refractivity contribution in [2.24, 2.45) is 0 Å². The maximum atomic E-state index is 12.6. The fraction of sp³-hybridized carbons (Fsp3) is 0.286. The zero-order valence-electron chi connectivity index (χ0n) is 14.7. The van der Waals surface area contributed by atoms with Crippen LogP contribution in [0.4, 0.5) is 0 Å². The van der Waals surface area contributed by atoms with Crippen molar-refractivity contribution in [2.45, 2.75) is 19.4 Å². The zero-order valence-corrected chi connectivity index (χ0v) is 16.2. The number of halogens is 2. The molecule has 0 bridgehead atoms. The summed E-state index contributed by atoms with van der Waals surface area (Å²) in [6.45, 7) is 2.98. The fourth-order valence-electron chi connectivity index (χ4n) is 3.15. The van der Waals surface area contributed by atoms with Gasteiger partial charge >= 0.3 is 0 Å². The molecule has 3 rings (SSSR count). The van der Waals surface area contributed by atoms with E-state index in [4.69, 9.17) is 27.9 Å². The number of allylic oxidation sites excluding steroid dienone is 1. The van der Waals surface area contributed by atoms with Crippen LogP contribution >= 0.6 is 23.2 Å². The van der Waals surface area contributed by atoms with E-state index in [2.05, 4.69) is 4.90 Å². The predicted octanol–water partition coefficient (Wildman–Crippen LogP) is 5.49. The van der Waals surface area contributed by atoms with Crippen molar-refractivity contribution >= 4 is 35.1 Å². The summed E-state index contributed by atoms with van der Waals surface area (Å²) in [5.74, 6) is 0.738. The van der Waals surface area contributed by atoms with Gasteiger partial charge in [0.2, 0.25) is 0 Å². The summed E-state index contributed by atoms with van der Waals surface area (Å²) in [6.07, 6.45) is 5.67. The molecular formula is C21H21Cl2NO2. The third-order valence-electron chi connectivity index (χ3n) is 4.55. The van der Waals surface area contributed by atoms with Crippen LogP contribution in [0.15, 0.2) is 42.5 Å². The monoisotopic (exact) mass is 389 g/mol. The summed E-state index contributed by atoms with van der Waals surface area (Å²) < 4.78 is 5.46. The van der Waals surface area contributed by atoms with Gasteiger partial charge in [-0.3, -0.25) is 9.69 Å². The summed E-state index contributed by atoms with van der Waals surface area (Å²) >= 11 is 12.2. The van der Waals surface area contributed by atoms with Gasteiger partial charge in [-0.1, -0.05) is 35.3 Å². The minimum Gasteiger partial charge on any atom is -0.496 e. The molecule has 1 aliphatic rings. The highest BCUT2D eigenvalue weighted by Gasteiger charge is 2.15. The highest BCUT2D eigenvalue weighted by molar-refractivity contribution is 6.42. The normalized spacial score (nSPS) is 14.9. The number of methoxy groups -OCH3 is 1. The molecule has 0 aliphatic carbocycles. The lowest BCUT2D eigenvalue weighted by Gasteiger charge is -2.17. The van der Waals surface area contributed by atoms with E-state index in [0.717, 1.165) is 36.5 Å². The Kier molecular flexibility index (Phi) is 6.36. The number of nitrogens with zero attached hydrogens (tertiary/aromatic N) is 1. The van der Waals surface area contributed by atoms with E-state index in [-0.39, 0.29) is 5.78 Å². The minimum absolute atomic E-state index is 0.0774. The Balaban J connectivity index is 1.80. The molecule has 2 aromatic rings. The average molecular weight is 390 g/mol. The quantitative estimate of drug-likeness (QED) is 0.482. The largest absolute Gasteiger partial charge is 0.496 e. The van der Waals surface area contributed by atoms with E-state index >= 15 is 0 Å². The Labute approximate surface area is 164 Å². The second-order valence-electron chi connectivity index (χ2n) is 6.35. The second-order valence-corrected chi connectivity index (χ2v) is 7.14. The standard InChI is InChI=1S/C21H21Cl2NO2/c1-26-20-10-8-16(13-17(20)14-24-11-2-3-12-24)19(25)9-7-15-5-4-6-18(22)21(15)23/h4-10,13H,2-3,11-12,14H2,1H3/b9-7+. The highest BCUT2D eigenvalue weighted by Crippen LogP contribution is 2.27. The molecule has 2 aromatic carbocycles. The van der Waals surface area contributed by atoms with Crippen LogP contribution in [0, 0.1) is 0 Å². The number of carbonyl (C=O) groups is 1. The molecule has 1 aliphatic heterocycles. The van der Waals surface area contributed by atoms with E-state index in [1.54, 1.807) is 31.4 Å². The van der Waals surface area contributed by atoms with E-state index in [1.165, 1.54) is 18.9 Å². The van der Waals surface area contributed by atoms with Gasteiger partial charge in [-0.2, -0.15) is 0 Å². The van der Waals surface area contributed by atoms with Crippen LogP contribution in [-0.4, -0.2) is 30.9 Å². The molecule has 0 aromatic heterocycles. The molecule has 136 valence electrons. The molecule has 3 nitrogen and oxygen atoms in total. The van der Waals surface area contributed by atoms with Crippen molar-refractivity contribution in [1.29, 1.82) is 0 Å². The van der Waals surface area contributed by atoms with Crippen LogP contribution in [0.5, 0.6) is 5.75 Å². The SMILES string of the molecule is COc1ccc(C(=O)/C=C/c2cccc(Cl)c2Cl)cc1CN1CCCC1. The molecule has 0 saturated carbocycles. The summed E-state index contributed by atoms with van der Waals surface area (Å²) in [6, 6.07) is 10.9. The van der Waals surface area contributed by atoms with E-state index in [9.17, 15) is 4.79 Å². The van der Waals surface area contributed by atoms with Crippen LogP contribution in [-0.2, 0) is 6.54 Å². The van der Waals surface area contributed by atoms with Gasteiger partial charge in [0.05, 0.1) is 17.2 Å².